The number of aliphatic hydroxyl groups is 1. The molecule has 22 heavy (non-hydrogen) atoms. The lowest BCUT2D eigenvalue weighted by molar-refractivity contribution is 0.0111. The first-order valence-corrected chi connectivity index (χ1v) is 7.80. The summed E-state index contributed by atoms with van der Waals surface area (Å²) in [5.74, 6) is 0.0296. The minimum absolute atomic E-state index is 0.0296. The lowest BCUT2D eigenvalue weighted by Crippen LogP contribution is -2.50. The molecule has 1 atom stereocenters. The third-order valence-corrected chi connectivity index (χ3v) is 3.80. The van der Waals surface area contributed by atoms with Crippen LogP contribution in [0.2, 0.25) is 0 Å². The van der Waals surface area contributed by atoms with Crippen LogP contribution in [0.15, 0.2) is 18.3 Å². The smallest absolute Gasteiger partial charge is 0.255 e. The molecular weight excluding hydrogens is 282 g/mol. The second-order valence-electron chi connectivity index (χ2n) is 5.59. The molecule has 0 aliphatic carbocycles. The van der Waals surface area contributed by atoms with E-state index < -0.39 is 6.10 Å². The molecule has 0 unspecified atom stereocenters. The van der Waals surface area contributed by atoms with Gasteiger partial charge in [-0.05, 0) is 26.0 Å². The van der Waals surface area contributed by atoms with Crippen molar-refractivity contribution in [3.8, 4) is 0 Å². The molecule has 1 aromatic rings. The number of carbonyl (C=O) groups excluding carboxylic acids is 1. The quantitative estimate of drug-likeness (QED) is 0.831. The first-order valence-electron chi connectivity index (χ1n) is 7.80. The zero-order valence-corrected chi connectivity index (χ0v) is 13.4. The number of nitrogens with zero attached hydrogens (tertiary/aromatic N) is 3. The van der Waals surface area contributed by atoms with E-state index >= 15 is 0 Å². The number of aliphatic hydroxyl groups excluding tert-OH is 1. The normalized spacial score (nSPS) is 17.5. The maximum absolute atomic E-state index is 12.4. The minimum Gasteiger partial charge on any atom is -0.389 e. The number of amides is 1. The summed E-state index contributed by atoms with van der Waals surface area (Å²) in [6.45, 7) is 8.28. The van der Waals surface area contributed by atoms with E-state index in [0.29, 0.717) is 38.4 Å². The molecule has 0 saturated carbocycles. The van der Waals surface area contributed by atoms with Crippen LogP contribution in [0, 0.1) is 6.92 Å². The molecular formula is C16H25N3O3. The fourth-order valence-electron chi connectivity index (χ4n) is 2.52. The number of piperazine rings is 1. The Morgan fingerprint density at radius 2 is 2.09 bits per heavy atom. The van der Waals surface area contributed by atoms with Crippen molar-refractivity contribution in [2.45, 2.75) is 20.0 Å². The third kappa shape index (κ3) is 4.76. The Labute approximate surface area is 131 Å². The Morgan fingerprint density at radius 3 is 2.68 bits per heavy atom. The zero-order chi connectivity index (χ0) is 15.9. The highest BCUT2D eigenvalue weighted by molar-refractivity contribution is 5.94. The summed E-state index contributed by atoms with van der Waals surface area (Å²) < 4.78 is 5.22. The molecule has 0 spiro atoms. The van der Waals surface area contributed by atoms with Crippen LogP contribution in [0.1, 0.15) is 23.0 Å². The molecule has 0 radical (unpaired) electrons. The largest absolute Gasteiger partial charge is 0.389 e. The van der Waals surface area contributed by atoms with Crippen LogP contribution in [0.3, 0.4) is 0 Å². The summed E-state index contributed by atoms with van der Waals surface area (Å²) in [5, 5.41) is 9.86. The molecule has 1 saturated heterocycles. The van der Waals surface area contributed by atoms with Crippen LogP contribution in [-0.4, -0.2) is 77.8 Å². The van der Waals surface area contributed by atoms with Gasteiger partial charge < -0.3 is 14.7 Å². The van der Waals surface area contributed by atoms with Gasteiger partial charge in [0.1, 0.15) is 0 Å². The fourth-order valence-corrected chi connectivity index (χ4v) is 2.52. The Kier molecular flexibility index (Phi) is 6.30. The van der Waals surface area contributed by atoms with Gasteiger partial charge in [-0.3, -0.25) is 14.7 Å². The zero-order valence-electron chi connectivity index (χ0n) is 13.4. The molecule has 1 aromatic heterocycles. The maximum atomic E-state index is 12.4. The first-order chi connectivity index (χ1) is 10.6. The molecule has 1 aliphatic heterocycles. The Bertz CT molecular complexity index is 470. The van der Waals surface area contributed by atoms with Crippen molar-refractivity contribution < 1.29 is 14.6 Å². The number of aryl methyl sites for hydroxylation is 1. The molecule has 1 N–H and O–H groups in total. The van der Waals surface area contributed by atoms with Gasteiger partial charge in [-0.1, -0.05) is 0 Å². The summed E-state index contributed by atoms with van der Waals surface area (Å²) in [6, 6.07) is 3.68. The van der Waals surface area contributed by atoms with E-state index in [1.807, 2.05) is 30.9 Å². The van der Waals surface area contributed by atoms with Crippen molar-refractivity contribution in [3.05, 3.63) is 29.6 Å². The molecule has 1 aliphatic rings. The maximum Gasteiger partial charge on any atom is 0.255 e. The monoisotopic (exact) mass is 307 g/mol. The van der Waals surface area contributed by atoms with Gasteiger partial charge in [-0.2, -0.15) is 0 Å². The highest BCUT2D eigenvalue weighted by Crippen LogP contribution is 2.09. The van der Waals surface area contributed by atoms with Gasteiger partial charge in [0.25, 0.3) is 5.91 Å². The predicted molar refractivity (Wildman–Crippen MR) is 83.8 cm³/mol. The number of carbonyl (C=O) groups is 1. The van der Waals surface area contributed by atoms with Crippen LogP contribution < -0.4 is 0 Å². The van der Waals surface area contributed by atoms with Crippen molar-refractivity contribution in [2.75, 3.05) is 45.9 Å². The van der Waals surface area contributed by atoms with Crippen LogP contribution >= 0.6 is 0 Å². The highest BCUT2D eigenvalue weighted by Gasteiger charge is 2.23. The Morgan fingerprint density at radius 1 is 1.36 bits per heavy atom. The van der Waals surface area contributed by atoms with E-state index in [0.717, 1.165) is 18.8 Å². The lowest BCUT2D eigenvalue weighted by atomic mass is 10.2. The molecule has 122 valence electrons. The number of hydrogen-bond donors (Lipinski definition) is 1. The van der Waals surface area contributed by atoms with Crippen LogP contribution in [0.4, 0.5) is 0 Å². The minimum atomic E-state index is -0.469. The summed E-state index contributed by atoms with van der Waals surface area (Å²) in [7, 11) is 0. The van der Waals surface area contributed by atoms with Gasteiger partial charge in [0, 0.05) is 51.2 Å². The van der Waals surface area contributed by atoms with Gasteiger partial charge >= 0.3 is 0 Å². The highest BCUT2D eigenvalue weighted by atomic mass is 16.5. The number of rotatable bonds is 6. The van der Waals surface area contributed by atoms with Gasteiger partial charge in [-0.25, -0.2) is 0 Å². The van der Waals surface area contributed by atoms with E-state index in [4.69, 9.17) is 4.74 Å². The molecule has 6 heteroatoms. The summed E-state index contributed by atoms with van der Waals surface area (Å²) >= 11 is 0. The fraction of sp³-hybridized carbons (Fsp3) is 0.625. The van der Waals surface area contributed by atoms with Crippen LogP contribution in [0.5, 0.6) is 0 Å². The number of β-amino-alcohol motifs (C(OH)–C–C–N with tert-alkyl or cyclic N) is 1. The molecule has 1 fully saturated rings. The van der Waals surface area contributed by atoms with E-state index in [9.17, 15) is 9.90 Å². The molecule has 0 aromatic carbocycles. The van der Waals surface area contributed by atoms with Crippen LogP contribution in [0.25, 0.3) is 0 Å². The second kappa shape index (κ2) is 8.22. The van der Waals surface area contributed by atoms with Gasteiger partial charge in [-0.15, -0.1) is 0 Å². The van der Waals surface area contributed by atoms with Gasteiger partial charge in [0.05, 0.1) is 18.3 Å². The molecule has 6 nitrogen and oxygen atoms in total. The average Bonchev–Trinajstić information content (AvgIpc) is 2.54. The van der Waals surface area contributed by atoms with Crippen molar-refractivity contribution in [1.82, 2.24) is 14.8 Å². The second-order valence-corrected chi connectivity index (χ2v) is 5.59. The summed E-state index contributed by atoms with van der Waals surface area (Å²) in [5.41, 5.74) is 1.54. The van der Waals surface area contributed by atoms with Crippen molar-refractivity contribution in [3.63, 3.8) is 0 Å². The molecule has 2 heterocycles. The van der Waals surface area contributed by atoms with Crippen molar-refractivity contribution in [2.24, 2.45) is 0 Å². The predicted octanol–water partition coefficient (Wildman–Crippen LogP) is 0.545. The molecule has 0 bridgehead atoms. The van der Waals surface area contributed by atoms with Crippen LogP contribution in [-0.2, 0) is 4.74 Å². The average molecular weight is 307 g/mol. The van der Waals surface area contributed by atoms with Crippen molar-refractivity contribution >= 4 is 5.91 Å². The van der Waals surface area contributed by atoms with Crippen molar-refractivity contribution in [1.29, 1.82) is 0 Å². The SMILES string of the molecule is CCOC[C@H](O)CN1CCN(C(=O)c2ccc(C)nc2)CC1. The number of pyridine rings is 1. The summed E-state index contributed by atoms with van der Waals surface area (Å²) in [6.07, 6.45) is 1.17. The Balaban J connectivity index is 1.79. The summed E-state index contributed by atoms with van der Waals surface area (Å²) in [4.78, 5) is 20.6. The molecule has 1 amide bonds. The van der Waals surface area contributed by atoms with Gasteiger partial charge in [0.2, 0.25) is 0 Å². The van der Waals surface area contributed by atoms with Gasteiger partial charge in [0.15, 0.2) is 0 Å². The number of aromatic nitrogens is 1. The van der Waals surface area contributed by atoms with E-state index in [-0.39, 0.29) is 5.91 Å². The van der Waals surface area contributed by atoms with E-state index in [1.54, 1.807) is 6.20 Å². The first kappa shape index (κ1) is 16.9. The standard InChI is InChI=1S/C16H25N3O3/c1-3-22-12-15(20)11-18-6-8-19(9-7-18)16(21)14-5-4-13(2)17-10-14/h4-5,10,15,20H,3,6-9,11-12H2,1-2H3/t15-/m1/s1. The topological polar surface area (TPSA) is 65.9 Å². The van der Waals surface area contributed by atoms with E-state index in [1.165, 1.54) is 0 Å². The number of hydrogen-bond acceptors (Lipinski definition) is 5. The Hall–Kier alpha value is -1.50. The van der Waals surface area contributed by atoms with E-state index in [2.05, 4.69) is 9.88 Å². The third-order valence-electron chi connectivity index (χ3n) is 3.80. The number of ether oxygens (including phenoxy) is 1. The molecule has 2 rings (SSSR count). The lowest BCUT2D eigenvalue weighted by Gasteiger charge is -2.35.